The number of benzene rings is 1. The molecule has 138 valence electrons. The third-order valence-electron chi connectivity index (χ3n) is 4.90. The predicted octanol–water partition coefficient (Wildman–Crippen LogP) is 1.87. The van der Waals surface area contributed by atoms with Crippen LogP contribution < -0.4 is 4.90 Å². The molecule has 0 spiro atoms. The molecule has 1 aliphatic heterocycles. The number of piperazine rings is 1. The quantitative estimate of drug-likeness (QED) is 0.821. The van der Waals surface area contributed by atoms with E-state index in [4.69, 9.17) is 0 Å². The van der Waals surface area contributed by atoms with Crippen molar-refractivity contribution < 1.29 is 4.79 Å². The van der Waals surface area contributed by atoms with Crippen molar-refractivity contribution >= 4 is 11.9 Å². The zero-order valence-electron chi connectivity index (χ0n) is 15.9. The molecule has 6 heteroatoms. The van der Waals surface area contributed by atoms with Gasteiger partial charge in [-0.3, -0.25) is 9.69 Å². The molecular formula is C20H27N5O. The molecule has 0 radical (unpaired) electrons. The number of aryl methyl sites for hydroxylation is 2. The van der Waals surface area contributed by atoms with Crippen LogP contribution in [-0.2, 0) is 11.3 Å². The maximum atomic E-state index is 12.6. The Morgan fingerprint density at radius 2 is 1.81 bits per heavy atom. The highest BCUT2D eigenvalue weighted by Crippen LogP contribution is 2.13. The molecule has 0 unspecified atom stereocenters. The van der Waals surface area contributed by atoms with Crippen molar-refractivity contribution in [2.45, 2.75) is 20.4 Å². The smallest absolute Gasteiger partial charge is 0.236 e. The molecular weight excluding hydrogens is 326 g/mol. The van der Waals surface area contributed by atoms with Crippen molar-refractivity contribution in [3.63, 3.8) is 0 Å². The molecule has 1 aliphatic rings. The summed E-state index contributed by atoms with van der Waals surface area (Å²) in [6.07, 6.45) is 3.53. The minimum absolute atomic E-state index is 0.161. The number of aromatic nitrogens is 2. The van der Waals surface area contributed by atoms with Crippen LogP contribution in [0, 0.1) is 13.8 Å². The van der Waals surface area contributed by atoms with Crippen molar-refractivity contribution in [1.82, 2.24) is 19.8 Å². The van der Waals surface area contributed by atoms with Gasteiger partial charge in [-0.2, -0.15) is 0 Å². The van der Waals surface area contributed by atoms with E-state index in [1.807, 2.05) is 18.0 Å². The first kappa shape index (κ1) is 18.3. The average molecular weight is 353 g/mol. The first-order valence-electron chi connectivity index (χ1n) is 9.07. The summed E-state index contributed by atoms with van der Waals surface area (Å²) in [6.45, 7) is 8.70. The Morgan fingerprint density at radius 1 is 1.12 bits per heavy atom. The SMILES string of the molecule is Cc1ccc(CN(C)C(=O)CN2CCN(c3ncccn3)CC2)c(C)c1. The van der Waals surface area contributed by atoms with Crippen LogP contribution in [0.2, 0.25) is 0 Å². The molecule has 0 N–H and O–H groups in total. The van der Waals surface area contributed by atoms with Gasteiger partial charge < -0.3 is 9.80 Å². The van der Waals surface area contributed by atoms with Gasteiger partial charge in [0.05, 0.1) is 6.54 Å². The number of carbonyl (C=O) groups excluding carboxylic acids is 1. The van der Waals surface area contributed by atoms with E-state index in [-0.39, 0.29) is 5.91 Å². The largest absolute Gasteiger partial charge is 0.340 e. The number of anilines is 1. The maximum Gasteiger partial charge on any atom is 0.236 e. The molecule has 1 amide bonds. The van der Waals surface area contributed by atoms with Gasteiger partial charge in [-0.05, 0) is 31.0 Å². The van der Waals surface area contributed by atoms with Crippen LogP contribution in [0.1, 0.15) is 16.7 Å². The second-order valence-corrected chi connectivity index (χ2v) is 6.99. The average Bonchev–Trinajstić information content (AvgIpc) is 2.65. The van der Waals surface area contributed by atoms with Crippen LogP contribution >= 0.6 is 0 Å². The molecule has 2 heterocycles. The molecule has 0 atom stereocenters. The fraction of sp³-hybridized carbons (Fsp3) is 0.450. The molecule has 3 rings (SSSR count). The van der Waals surface area contributed by atoms with Crippen LogP contribution in [-0.4, -0.2) is 65.4 Å². The highest BCUT2D eigenvalue weighted by atomic mass is 16.2. The van der Waals surface area contributed by atoms with Crippen molar-refractivity contribution in [2.75, 3.05) is 44.7 Å². The Morgan fingerprint density at radius 3 is 2.46 bits per heavy atom. The lowest BCUT2D eigenvalue weighted by Crippen LogP contribution is -2.50. The number of likely N-dealkylation sites (N-methyl/N-ethyl adjacent to an activating group) is 1. The highest BCUT2D eigenvalue weighted by molar-refractivity contribution is 5.78. The number of hydrogen-bond acceptors (Lipinski definition) is 5. The van der Waals surface area contributed by atoms with E-state index in [9.17, 15) is 4.79 Å². The van der Waals surface area contributed by atoms with Crippen LogP contribution in [0.5, 0.6) is 0 Å². The van der Waals surface area contributed by atoms with Gasteiger partial charge in [0.1, 0.15) is 0 Å². The summed E-state index contributed by atoms with van der Waals surface area (Å²) in [7, 11) is 1.88. The fourth-order valence-corrected chi connectivity index (χ4v) is 3.24. The van der Waals surface area contributed by atoms with Gasteiger partial charge in [-0.25, -0.2) is 9.97 Å². The molecule has 1 fully saturated rings. The van der Waals surface area contributed by atoms with Crippen molar-refractivity contribution in [3.8, 4) is 0 Å². The van der Waals surface area contributed by atoms with Crippen LogP contribution in [0.4, 0.5) is 5.95 Å². The normalized spacial score (nSPS) is 15.1. The summed E-state index contributed by atoms with van der Waals surface area (Å²) in [4.78, 5) is 27.4. The van der Waals surface area contributed by atoms with Gasteiger partial charge in [0.25, 0.3) is 0 Å². The molecule has 0 aliphatic carbocycles. The molecule has 0 bridgehead atoms. The Bertz CT molecular complexity index is 741. The Kier molecular flexibility index (Phi) is 5.83. The van der Waals surface area contributed by atoms with E-state index in [0.717, 1.165) is 32.1 Å². The summed E-state index contributed by atoms with van der Waals surface area (Å²) in [5, 5.41) is 0. The van der Waals surface area contributed by atoms with Gasteiger partial charge >= 0.3 is 0 Å². The van der Waals surface area contributed by atoms with E-state index in [0.29, 0.717) is 13.1 Å². The predicted molar refractivity (Wildman–Crippen MR) is 103 cm³/mol. The highest BCUT2D eigenvalue weighted by Gasteiger charge is 2.21. The number of hydrogen-bond donors (Lipinski definition) is 0. The summed E-state index contributed by atoms with van der Waals surface area (Å²) in [6, 6.07) is 8.21. The fourth-order valence-electron chi connectivity index (χ4n) is 3.24. The topological polar surface area (TPSA) is 52.6 Å². The van der Waals surface area contributed by atoms with Gasteiger partial charge in [0.2, 0.25) is 11.9 Å². The van der Waals surface area contributed by atoms with Crippen LogP contribution in [0.25, 0.3) is 0 Å². The second-order valence-electron chi connectivity index (χ2n) is 6.99. The van der Waals surface area contributed by atoms with E-state index in [2.05, 4.69) is 51.8 Å². The Hall–Kier alpha value is -2.47. The first-order chi connectivity index (χ1) is 12.5. The molecule has 6 nitrogen and oxygen atoms in total. The summed E-state index contributed by atoms with van der Waals surface area (Å²) < 4.78 is 0. The minimum Gasteiger partial charge on any atom is -0.340 e. The third-order valence-corrected chi connectivity index (χ3v) is 4.90. The number of rotatable bonds is 5. The minimum atomic E-state index is 0.161. The van der Waals surface area contributed by atoms with Crippen LogP contribution in [0.15, 0.2) is 36.7 Å². The summed E-state index contributed by atoms with van der Waals surface area (Å²) in [5.41, 5.74) is 3.69. The number of carbonyl (C=O) groups is 1. The van der Waals surface area contributed by atoms with Crippen molar-refractivity contribution in [2.24, 2.45) is 0 Å². The van der Waals surface area contributed by atoms with E-state index in [1.54, 1.807) is 12.4 Å². The Labute approximate surface area is 155 Å². The third kappa shape index (κ3) is 4.58. The monoisotopic (exact) mass is 353 g/mol. The molecule has 1 aromatic heterocycles. The maximum absolute atomic E-state index is 12.6. The second kappa shape index (κ2) is 8.27. The standard InChI is InChI=1S/C20H27N5O/c1-16-5-6-18(17(2)13-16)14-23(3)19(26)15-24-9-11-25(12-10-24)20-21-7-4-8-22-20/h4-8,13H,9-12,14-15H2,1-3H3. The number of nitrogens with zero attached hydrogens (tertiary/aromatic N) is 5. The zero-order valence-corrected chi connectivity index (χ0v) is 15.9. The van der Waals surface area contributed by atoms with E-state index >= 15 is 0 Å². The zero-order chi connectivity index (χ0) is 18.5. The van der Waals surface area contributed by atoms with Gasteiger partial charge in [0.15, 0.2) is 0 Å². The Balaban J connectivity index is 1.49. The van der Waals surface area contributed by atoms with Crippen LogP contribution in [0.3, 0.4) is 0 Å². The summed E-state index contributed by atoms with van der Waals surface area (Å²) >= 11 is 0. The van der Waals surface area contributed by atoms with E-state index < -0.39 is 0 Å². The van der Waals surface area contributed by atoms with Gasteiger partial charge in [0, 0.05) is 52.2 Å². The van der Waals surface area contributed by atoms with Gasteiger partial charge in [-0.1, -0.05) is 23.8 Å². The molecule has 1 aromatic carbocycles. The number of amides is 1. The van der Waals surface area contributed by atoms with Crippen molar-refractivity contribution in [1.29, 1.82) is 0 Å². The van der Waals surface area contributed by atoms with Crippen molar-refractivity contribution in [3.05, 3.63) is 53.3 Å². The lowest BCUT2D eigenvalue weighted by atomic mass is 10.1. The molecule has 0 saturated carbocycles. The lowest BCUT2D eigenvalue weighted by molar-refractivity contribution is -0.131. The first-order valence-corrected chi connectivity index (χ1v) is 9.07. The van der Waals surface area contributed by atoms with Gasteiger partial charge in [-0.15, -0.1) is 0 Å². The lowest BCUT2D eigenvalue weighted by Gasteiger charge is -2.35. The summed E-state index contributed by atoms with van der Waals surface area (Å²) in [5.74, 6) is 0.930. The molecule has 1 saturated heterocycles. The van der Waals surface area contributed by atoms with E-state index in [1.165, 1.54) is 16.7 Å². The molecule has 2 aromatic rings. The molecule has 26 heavy (non-hydrogen) atoms.